The van der Waals surface area contributed by atoms with E-state index in [1.807, 2.05) is 30.3 Å². The molecule has 0 aliphatic rings. The van der Waals surface area contributed by atoms with Gasteiger partial charge in [-0.1, -0.05) is 30.3 Å². The summed E-state index contributed by atoms with van der Waals surface area (Å²) in [6.07, 6.45) is 0. The van der Waals surface area contributed by atoms with Crippen molar-refractivity contribution in [3.8, 4) is 0 Å². The number of benzene rings is 1. The van der Waals surface area contributed by atoms with Gasteiger partial charge in [0.25, 0.3) is 0 Å². The lowest BCUT2D eigenvalue weighted by atomic mass is 10.1. The molecule has 1 aromatic rings. The molecule has 1 rings (SSSR count). The third-order valence-electron chi connectivity index (χ3n) is 2.72. The Labute approximate surface area is 97.7 Å². The van der Waals surface area contributed by atoms with E-state index in [-0.39, 0.29) is 5.54 Å². The van der Waals surface area contributed by atoms with Crippen LogP contribution in [0.3, 0.4) is 0 Å². The average Bonchev–Trinajstić information content (AvgIpc) is 2.37. The van der Waals surface area contributed by atoms with Crippen molar-refractivity contribution in [3.05, 3.63) is 35.9 Å². The molecule has 0 fully saturated rings. The largest absolute Gasteiger partial charge is 0.509 e. The molecule has 0 bridgehead atoms. The van der Waals surface area contributed by atoms with E-state index in [4.69, 9.17) is 19.0 Å². The van der Waals surface area contributed by atoms with Crippen molar-refractivity contribution >= 4 is 8.80 Å². The van der Waals surface area contributed by atoms with Gasteiger partial charge in [0.1, 0.15) is 0 Å². The molecular weight excluding hydrogens is 222 g/mol. The van der Waals surface area contributed by atoms with E-state index in [0.29, 0.717) is 6.54 Å². The van der Waals surface area contributed by atoms with Crippen LogP contribution in [-0.4, -0.2) is 36.7 Å². The molecule has 0 spiro atoms. The molecule has 90 valence electrons. The molecule has 1 unspecified atom stereocenters. The van der Waals surface area contributed by atoms with Crippen molar-refractivity contribution in [2.24, 2.45) is 5.73 Å². The van der Waals surface area contributed by atoms with Crippen LogP contribution in [0.5, 0.6) is 0 Å². The molecule has 0 amide bonds. The van der Waals surface area contributed by atoms with Gasteiger partial charge in [-0.15, -0.1) is 0 Å². The Kier molecular flexibility index (Phi) is 5.10. The lowest BCUT2D eigenvalue weighted by molar-refractivity contribution is 0.113. The van der Waals surface area contributed by atoms with Crippen molar-refractivity contribution in [1.82, 2.24) is 0 Å². The smallest absolute Gasteiger partial charge is 0.376 e. The van der Waals surface area contributed by atoms with E-state index in [2.05, 4.69) is 0 Å². The number of hydrogen-bond donors (Lipinski definition) is 1. The summed E-state index contributed by atoms with van der Waals surface area (Å²) in [5, 5.41) is 0. The molecule has 0 aliphatic heterocycles. The lowest BCUT2D eigenvalue weighted by Gasteiger charge is -2.31. The summed E-state index contributed by atoms with van der Waals surface area (Å²) >= 11 is 0. The molecular formula is C11H19NO3Si. The molecule has 1 aromatic carbocycles. The summed E-state index contributed by atoms with van der Waals surface area (Å²) in [5.41, 5.74) is 6.86. The lowest BCUT2D eigenvalue weighted by Crippen LogP contribution is -2.51. The van der Waals surface area contributed by atoms with Gasteiger partial charge < -0.3 is 19.0 Å². The highest BCUT2D eigenvalue weighted by molar-refractivity contribution is 6.62. The fourth-order valence-corrected chi connectivity index (χ4v) is 4.09. The standard InChI is InChI=1S/C11H19NO3Si/c1-13-16(14-2,15-3)11(9-12)10-7-5-4-6-8-10/h4-8,11H,9,12H2,1-3H3. The summed E-state index contributed by atoms with van der Waals surface area (Å²) in [5.74, 6) is 0. The van der Waals surface area contributed by atoms with Gasteiger partial charge in [0.2, 0.25) is 0 Å². The van der Waals surface area contributed by atoms with E-state index in [1.54, 1.807) is 21.3 Å². The molecule has 0 heterocycles. The molecule has 0 saturated carbocycles. The van der Waals surface area contributed by atoms with Crippen LogP contribution >= 0.6 is 0 Å². The van der Waals surface area contributed by atoms with E-state index in [0.717, 1.165) is 5.56 Å². The van der Waals surface area contributed by atoms with Gasteiger partial charge in [0, 0.05) is 27.9 Å². The first-order valence-electron chi connectivity index (χ1n) is 5.14. The van der Waals surface area contributed by atoms with Crippen LogP contribution in [0.25, 0.3) is 0 Å². The summed E-state index contributed by atoms with van der Waals surface area (Å²) in [6, 6.07) is 9.93. The highest BCUT2D eigenvalue weighted by Crippen LogP contribution is 2.27. The second kappa shape index (κ2) is 6.12. The zero-order chi connectivity index (χ0) is 12.0. The van der Waals surface area contributed by atoms with Gasteiger partial charge in [-0.3, -0.25) is 0 Å². The van der Waals surface area contributed by atoms with Crippen LogP contribution in [0.2, 0.25) is 0 Å². The third kappa shape index (κ3) is 2.50. The summed E-state index contributed by atoms with van der Waals surface area (Å²) in [7, 11) is 2.09. The van der Waals surface area contributed by atoms with E-state index in [9.17, 15) is 0 Å². The zero-order valence-electron chi connectivity index (χ0n) is 9.97. The predicted octanol–water partition coefficient (Wildman–Crippen LogP) is 1.15. The molecule has 4 nitrogen and oxygen atoms in total. The highest BCUT2D eigenvalue weighted by atomic mass is 28.4. The van der Waals surface area contributed by atoms with Gasteiger partial charge in [0.15, 0.2) is 0 Å². The molecule has 0 saturated heterocycles. The number of nitrogens with two attached hydrogens (primary N) is 1. The molecule has 5 heteroatoms. The summed E-state index contributed by atoms with van der Waals surface area (Å²) < 4.78 is 16.4. The summed E-state index contributed by atoms with van der Waals surface area (Å²) in [4.78, 5) is 0. The maximum absolute atomic E-state index is 5.81. The summed E-state index contributed by atoms with van der Waals surface area (Å²) in [6.45, 7) is 0.436. The van der Waals surface area contributed by atoms with Gasteiger partial charge in [-0.25, -0.2) is 0 Å². The predicted molar refractivity (Wildman–Crippen MR) is 65.0 cm³/mol. The molecule has 2 N–H and O–H groups in total. The van der Waals surface area contributed by atoms with Gasteiger partial charge >= 0.3 is 8.80 Å². The van der Waals surface area contributed by atoms with Crippen LogP contribution in [-0.2, 0) is 13.3 Å². The zero-order valence-corrected chi connectivity index (χ0v) is 11.0. The van der Waals surface area contributed by atoms with Crippen LogP contribution in [0, 0.1) is 0 Å². The van der Waals surface area contributed by atoms with Crippen molar-refractivity contribution in [1.29, 1.82) is 0 Å². The van der Waals surface area contributed by atoms with E-state index in [1.165, 1.54) is 0 Å². The van der Waals surface area contributed by atoms with Crippen LogP contribution < -0.4 is 5.73 Å². The minimum Gasteiger partial charge on any atom is -0.376 e. The second-order valence-electron chi connectivity index (χ2n) is 3.41. The second-order valence-corrected chi connectivity index (χ2v) is 6.54. The minimum absolute atomic E-state index is 0.0336. The molecule has 0 aromatic heterocycles. The van der Waals surface area contributed by atoms with Crippen LogP contribution in [0.1, 0.15) is 11.1 Å². The monoisotopic (exact) mass is 241 g/mol. The first-order valence-corrected chi connectivity index (χ1v) is 6.94. The number of rotatable bonds is 6. The van der Waals surface area contributed by atoms with Gasteiger partial charge in [-0.05, 0) is 5.56 Å². The fourth-order valence-electron chi connectivity index (χ4n) is 1.85. The van der Waals surface area contributed by atoms with Crippen LogP contribution in [0.4, 0.5) is 0 Å². The van der Waals surface area contributed by atoms with E-state index < -0.39 is 8.80 Å². The Morgan fingerprint density at radius 2 is 1.56 bits per heavy atom. The number of hydrogen-bond acceptors (Lipinski definition) is 4. The maximum atomic E-state index is 5.81. The molecule has 0 aliphatic carbocycles. The Balaban J connectivity index is 3.05. The van der Waals surface area contributed by atoms with Crippen molar-refractivity contribution in [2.75, 3.05) is 27.9 Å². The normalized spacial score (nSPS) is 13.8. The van der Waals surface area contributed by atoms with Gasteiger partial charge in [-0.2, -0.15) is 0 Å². The van der Waals surface area contributed by atoms with E-state index >= 15 is 0 Å². The fraction of sp³-hybridized carbons (Fsp3) is 0.455. The Hall–Kier alpha value is -0.723. The van der Waals surface area contributed by atoms with Gasteiger partial charge in [0.05, 0.1) is 5.54 Å². The Bertz CT molecular complexity index is 295. The minimum atomic E-state index is -2.71. The highest BCUT2D eigenvalue weighted by Gasteiger charge is 2.47. The first-order chi connectivity index (χ1) is 7.74. The SMILES string of the molecule is CO[Si](OC)(OC)C(CN)c1ccccc1. The van der Waals surface area contributed by atoms with Crippen molar-refractivity contribution in [2.45, 2.75) is 5.54 Å². The quantitative estimate of drug-likeness (QED) is 0.759. The Morgan fingerprint density at radius 3 is 1.94 bits per heavy atom. The first kappa shape index (κ1) is 13.3. The van der Waals surface area contributed by atoms with Crippen molar-refractivity contribution < 1.29 is 13.3 Å². The van der Waals surface area contributed by atoms with Crippen LogP contribution in [0.15, 0.2) is 30.3 Å². The molecule has 1 atom stereocenters. The molecule has 0 radical (unpaired) electrons. The molecule has 16 heavy (non-hydrogen) atoms. The third-order valence-corrected chi connectivity index (χ3v) is 5.85. The van der Waals surface area contributed by atoms with Crippen molar-refractivity contribution in [3.63, 3.8) is 0 Å². The Morgan fingerprint density at radius 1 is 1.06 bits per heavy atom. The average molecular weight is 241 g/mol. The maximum Gasteiger partial charge on any atom is 0.509 e. The topological polar surface area (TPSA) is 53.7 Å².